The second-order valence-electron chi connectivity index (χ2n) is 11.6. The molecule has 0 aromatic heterocycles. The quantitative estimate of drug-likeness (QED) is 0.0878. The number of nitrogens with zero attached hydrogens (tertiary/aromatic N) is 2. The van der Waals surface area contributed by atoms with E-state index in [4.69, 9.17) is 43.6 Å². The van der Waals surface area contributed by atoms with Crippen LogP contribution in [0.5, 0.6) is 5.75 Å². The molecule has 2 N–H and O–H groups in total. The first-order chi connectivity index (χ1) is 23.8. The van der Waals surface area contributed by atoms with Gasteiger partial charge in [-0.1, -0.05) is 36.4 Å². The average molecular weight is 704 g/mol. The molecule has 1 heterocycles. The Morgan fingerprint density at radius 2 is 1.46 bits per heavy atom. The van der Waals surface area contributed by atoms with Crippen LogP contribution in [0.3, 0.4) is 0 Å². The lowest BCUT2D eigenvalue weighted by atomic mass is 9.97. The van der Waals surface area contributed by atoms with Crippen LogP contribution < -0.4 is 10.5 Å². The summed E-state index contributed by atoms with van der Waals surface area (Å²) in [7, 11) is 4.86. The van der Waals surface area contributed by atoms with Gasteiger partial charge in [0.25, 0.3) is 0 Å². The van der Waals surface area contributed by atoms with Crippen molar-refractivity contribution in [2.45, 2.75) is 64.5 Å². The van der Waals surface area contributed by atoms with E-state index in [1.165, 1.54) is 17.0 Å². The number of methoxy groups -OCH3 is 1. The van der Waals surface area contributed by atoms with Crippen molar-refractivity contribution in [3.8, 4) is 5.75 Å². The van der Waals surface area contributed by atoms with Gasteiger partial charge in [-0.2, -0.15) is 0 Å². The summed E-state index contributed by atoms with van der Waals surface area (Å²) >= 11 is 0. The van der Waals surface area contributed by atoms with Gasteiger partial charge in [0.05, 0.1) is 19.4 Å². The molecule has 0 radical (unpaired) electrons. The fourth-order valence-electron chi connectivity index (χ4n) is 4.87. The summed E-state index contributed by atoms with van der Waals surface area (Å²) in [5, 5.41) is 0. The van der Waals surface area contributed by atoms with Crippen LogP contribution in [0.4, 0.5) is 10.5 Å². The van der Waals surface area contributed by atoms with E-state index < -0.39 is 60.7 Å². The highest BCUT2D eigenvalue weighted by Crippen LogP contribution is 2.33. The van der Waals surface area contributed by atoms with E-state index in [9.17, 15) is 24.0 Å². The van der Waals surface area contributed by atoms with E-state index in [-0.39, 0.29) is 24.8 Å². The number of anilines is 1. The maximum Gasteiger partial charge on any atom is 0.411 e. The number of ether oxygens (including phenoxy) is 8. The van der Waals surface area contributed by atoms with E-state index >= 15 is 0 Å². The fourth-order valence-corrected chi connectivity index (χ4v) is 4.87. The third kappa shape index (κ3) is 12.2. The molecule has 1 aliphatic rings. The van der Waals surface area contributed by atoms with Gasteiger partial charge in [0.1, 0.15) is 19.1 Å². The number of amides is 1. The molecule has 0 bridgehead atoms. The van der Waals surface area contributed by atoms with Gasteiger partial charge in [-0.15, -0.1) is 0 Å². The minimum Gasteiger partial charge on any atom is -0.467 e. The molecule has 0 unspecified atom stereocenters. The maximum atomic E-state index is 13.0. The number of nitrogens with two attached hydrogens (primary N) is 1. The molecule has 50 heavy (non-hydrogen) atoms. The SMILES string of the molecule is COC(=O)[C@H]1O[C@@H](Oc2ccc(COC(=O)N(CCN(C)C)COCCc3ccccc3)cc2N)[C@H](OC(C)=O)[C@@H](OC(C)=O)[C@@H]1OC(C)=O. The molecule has 1 saturated heterocycles. The third-order valence-corrected chi connectivity index (χ3v) is 7.21. The molecule has 274 valence electrons. The van der Waals surface area contributed by atoms with E-state index in [2.05, 4.69) is 0 Å². The smallest absolute Gasteiger partial charge is 0.411 e. The first-order valence-corrected chi connectivity index (χ1v) is 15.8. The molecule has 16 nitrogen and oxygen atoms in total. The van der Waals surface area contributed by atoms with Crippen LogP contribution in [0.1, 0.15) is 31.9 Å². The number of hydrogen-bond donors (Lipinski definition) is 1. The van der Waals surface area contributed by atoms with Gasteiger partial charge in [0, 0.05) is 33.9 Å². The van der Waals surface area contributed by atoms with Crippen molar-refractivity contribution in [1.29, 1.82) is 0 Å². The zero-order chi connectivity index (χ0) is 36.8. The second kappa shape index (κ2) is 19.3. The van der Waals surface area contributed by atoms with E-state index in [0.29, 0.717) is 31.7 Å². The van der Waals surface area contributed by atoms with Gasteiger partial charge in [-0.3, -0.25) is 19.3 Å². The Labute approximate surface area is 290 Å². The summed E-state index contributed by atoms with van der Waals surface area (Å²) in [6.45, 7) is 4.54. The highest BCUT2D eigenvalue weighted by Gasteiger charge is 2.56. The lowest BCUT2D eigenvalue weighted by Gasteiger charge is -2.43. The molecule has 1 aliphatic heterocycles. The molecular weight excluding hydrogens is 658 g/mol. The highest BCUT2D eigenvalue weighted by atomic mass is 16.7. The van der Waals surface area contributed by atoms with Crippen molar-refractivity contribution >= 4 is 35.7 Å². The van der Waals surface area contributed by atoms with Crippen molar-refractivity contribution < 1.29 is 61.9 Å². The van der Waals surface area contributed by atoms with Crippen LogP contribution in [0.2, 0.25) is 0 Å². The van der Waals surface area contributed by atoms with Gasteiger partial charge >= 0.3 is 30.0 Å². The number of esters is 4. The minimum absolute atomic E-state index is 0.0257. The molecule has 1 amide bonds. The Bertz CT molecular complexity index is 1460. The maximum absolute atomic E-state index is 13.0. The minimum atomic E-state index is -1.64. The normalized spacial score (nSPS) is 19.9. The monoisotopic (exact) mass is 703 g/mol. The van der Waals surface area contributed by atoms with Crippen molar-refractivity contribution in [2.24, 2.45) is 0 Å². The molecule has 5 atom stereocenters. The Kier molecular flexibility index (Phi) is 15.3. The van der Waals surface area contributed by atoms with Crippen LogP contribution in [-0.4, -0.2) is 118 Å². The van der Waals surface area contributed by atoms with Crippen LogP contribution >= 0.6 is 0 Å². The van der Waals surface area contributed by atoms with Gasteiger partial charge in [-0.25, -0.2) is 9.59 Å². The van der Waals surface area contributed by atoms with E-state index in [1.54, 1.807) is 6.07 Å². The third-order valence-electron chi connectivity index (χ3n) is 7.21. The average Bonchev–Trinajstić information content (AvgIpc) is 3.06. The fraction of sp³-hybridized carbons (Fsp3) is 0.500. The second-order valence-corrected chi connectivity index (χ2v) is 11.6. The van der Waals surface area contributed by atoms with Gasteiger partial charge in [0.2, 0.25) is 12.4 Å². The molecule has 2 aromatic carbocycles. The summed E-state index contributed by atoms with van der Waals surface area (Å²) in [5.41, 5.74) is 7.98. The Hall–Kier alpha value is -4.93. The Balaban J connectivity index is 1.73. The van der Waals surface area contributed by atoms with Crippen LogP contribution in [0.25, 0.3) is 0 Å². The molecule has 0 saturated carbocycles. The molecule has 2 aromatic rings. The van der Waals surface area contributed by atoms with Crippen LogP contribution in [0, 0.1) is 0 Å². The molecule has 1 fully saturated rings. The van der Waals surface area contributed by atoms with Crippen molar-refractivity contribution in [1.82, 2.24) is 9.80 Å². The predicted octanol–water partition coefficient (Wildman–Crippen LogP) is 2.06. The number of hydrogen-bond acceptors (Lipinski definition) is 15. The first-order valence-electron chi connectivity index (χ1n) is 15.8. The largest absolute Gasteiger partial charge is 0.467 e. The number of rotatable bonds is 16. The summed E-state index contributed by atoms with van der Waals surface area (Å²) in [6, 6.07) is 14.4. The van der Waals surface area contributed by atoms with Crippen molar-refractivity contribution in [3.05, 3.63) is 59.7 Å². The summed E-state index contributed by atoms with van der Waals surface area (Å²) < 4.78 is 43.9. The van der Waals surface area contributed by atoms with Crippen molar-refractivity contribution in [3.63, 3.8) is 0 Å². The molecule has 0 spiro atoms. The topological polar surface area (TPSA) is 192 Å². The van der Waals surface area contributed by atoms with Crippen molar-refractivity contribution in [2.75, 3.05) is 53.4 Å². The molecular formula is C34H45N3O13. The number of likely N-dealkylation sites (N-methyl/N-ethyl adjacent to an activating group) is 1. The van der Waals surface area contributed by atoms with E-state index in [0.717, 1.165) is 33.4 Å². The molecule has 16 heteroatoms. The number of benzene rings is 2. The number of carbonyl (C=O) groups is 5. The number of carbonyl (C=O) groups excluding carboxylic acids is 5. The lowest BCUT2D eigenvalue weighted by Crippen LogP contribution is -2.64. The summed E-state index contributed by atoms with van der Waals surface area (Å²) in [6.07, 6.45) is -7.70. The number of nitrogen functional groups attached to an aromatic ring is 1. The summed E-state index contributed by atoms with van der Waals surface area (Å²) in [5.74, 6) is -3.42. The zero-order valence-electron chi connectivity index (χ0n) is 29.0. The van der Waals surface area contributed by atoms with Gasteiger partial charge in [0.15, 0.2) is 18.3 Å². The Morgan fingerprint density at radius 3 is 2.06 bits per heavy atom. The zero-order valence-corrected chi connectivity index (χ0v) is 29.0. The van der Waals surface area contributed by atoms with Gasteiger partial charge < -0.3 is 48.5 Å². The standard InChI is InChI=1S/C34H45N3O13/c1-21(38)46-28-29(47-22(2)39)31(48-23(3)40)33(50-30(28)32(41)43-6)49-27-13-12-25(18-26(27)35)19-45-34(42)37(16-15-36(4)5)20-44-17-14-24-10-8-7-9-11-24/h7-13,18,28-31,33H,14-17,19-20,35H2,1-6H3/t28-,29-,30-,31+,33+/m0/s1. The Morgan fingerprint density at radius 1 is 0.820 bits per heavy atom. The van der Waals surface area contributed by atoms with Crippen LogP contribution in [0.15, 0.2) is 48.5 Å². The highest BCUT2D eigenvalue weighted by molar-refractivity contribution is 5.77. The van der Waals surface area contributed by atoms with E-state index in [1.807, 2.05) is 49.3 Å². The first kappa shape index (κ1) is 39.5. The molecule has 3 rings (SSSR count). The van der Waals surface area contributed by atoms with Crippen LogP contribution in [-0.2, 0) is 65.4 Å². The van der Waals surface area contributed by atoms with Gasteiger partial charge in [-0.05, 0) is 43.8 Å². The predicted molar refractivity (Wildman–Crippen MR) is 175 cm³/mol. The summed E-state index contributed by atoms with van der Waals surface area (Å²) in [4.78, 5) is 65.1. The molecule has 0 aliphatic carbocycles. The lowest BCUT2D eigenvalue weighted by molar-refractivity contribution is -0.282.